The molecule has 0 unspecified atom stereocenters. The van der Waals surface area contributed by atoms with Gasteiger partial charge >= 0.3 is 0 Å². The van der Waals surface area contributed by atoms with Gasteiger partial charge in [-0.15, -0.1) is 0 Å². The maximum absolute atomic E-state index is 11.4. The molecule has 1 aromatic rings. The molecular weight excluding hydrogens is 296 g/mol. The molecule has 1 rings (SSSR count). The summed E-state index contributed by atoms with van der Waals surface area (Å²) >= 11 is 0. The van der Waals surface area contributed by atoms with Crippen LogP contribution in [-0.2, 0) is 9.84 Å². The molecule has 0 fully saturated rings. The van der Waals surface area contributed by atoms with Crippen molar-refractivity contribution >= 4 is 16.1 Å². The Bertz CT molecular complexity index is 554. The average molecular weight is 316 g/mol. The minimum Gasteiger partial charge on any atom is -0.493 e. The van der Waals surface area contributed by atoms with Crippen LogP contribution in [0.4, 0.5) is 0 Å². The van der Waals surface area contributed by atoms with Crippen molar-refractivity contribution in [2.45, 2.75) is 13.3 Å². The van der Waals surface area contributed by atoms with Crippen LogP contribution < -0.4 is 14.2 Å². The third-order valence-electron chi connectivity index (χ3n) is 2.90. The first-order chi connectivity index (χ1) is 9.97. The lowest BCUT2D eigenvalue weighted by atomic mass is 10.2. The fourth-order valence-electron chi connectivity index (χ4n) is 1.71. The highest BCUT2D eigenvalue weighted by Gasteiger charge is 2.14. The van der Waals surface area contributed by atoms with E-state index in [4.69, 9.17) is 14.2 Å². The van der Waals surface area contributed by atoms with Gasteiger partial charge in [0.15, 0.2) is 11.5 Å². The molecule has 7 heteroatoms. The first kappa shape index (κ1) is 17.3. The Labute approximate surface area is 124 Å². The number of carbonyl (C=O) groups is 1. The molecule has 0 spiro atoms. The molecule has 0 bridgehead atoms. The van der Waals surface area contributed by atoms with Crippen LogP contribution in [0.2, 0.25) is 0 Å². The van der Waals surface area contributed by atoms with Crippen LogP contribution in [0, 0.1) is 0 Å². The molecule has 6 nitrogen and oxygen atoms in total. The largest absolute Gasteiger partial charge is 0.493 e. The summed E-state index contributed by atoms with van der Waals surface area (Å²) in [5.41, 5.74) is 0.407. The second-order valence-corrected chi connectivity index (χ2v) is 6.78. The van der Waals surface area contributed by atoms with Crippen LogP contribution in [0.3, 0.4) is 0 Å². The predicted octanol–water partition coefficient (Wildman–Crippen LogP) is 1.72. The van der Waals surface area contributed by atoms with E-state index in [-0.39, 0.29) is 18.1 Å². The van der Waals surface area contributed by atoms with E-state index in [1.807, 2.05) is 0 Å². The Balaban J connectivity index is 2.80. The molecule has 0 saturated carbocycles. The first-order valence-corrected chi connectivity index (χ1v) is 8.34. The Morgan fingerprint density at radius 1 is 1.14 bits per heavy atom. The molecule has 0 aliphatic rings. The zero-order valence-corrected chi connectivity index (χ0v) is 13.2. The number of aldehydes is 1. The molecule has 0 radical (unpaired) electrons. The number of rotatable bonds is 9. The second kappa shape index (κ2) is 7.87. The highest BCUT2D eigenvalue weighted by Crippen LogP contribution is 2.38. The molecule has 0 aliphatic heterocycles. The van der Waals surface area contributed by atoms with Gasteiger partial charge in [0.1, 0.15) is 16.1 Å². The summed E-state index contributed by atoms with van der Waals surface area (Å²) < 4.78 is 38.7. The zero-order chi connectivity index (χ0) is 15.9. The SMILES string of the molecule is CCS(=O)(=O)CCCOc1c(OC)cc(C=O)cc1OC. The minimum atomic E-state index is -3.00. The summed E-state index contributed by atoms with van der Waals surface area (Å²) in [5.74, 6) is 1.29. The molecule has 0 heterocycles. The van der Waals surface area contributed by atoms with Crippen molar-refractivity contribution in [1.82, 2.24) is 0 Å². The quantitative estimate of drug-likeness (QED) is 0.510. The number of methoxy groups -OCH3 is 2. The van der Waals surface area contributed by atoms with E-state index in [1.54, 1.807) is 6.92 Å². The lowest BCUT2D eigenvalue weighted by Gasteiger charge is -2.15. The topological polar surface area (TPSA) is 78.9 Å². The van der Waals surface area contributed by atoms with Gasteiger partial charge in [0.05, 0.1) is 26.6 Å². The fourth-order valence-corrected chi connectivity index (χ4v) is 2.55. The van der Waals surface area contributed by atoms with Gasteiger partial charge in [-0.05, 0) is 18.6 Å². The second-order valence-electron chi connectivity index (χ2n) is 4.31. The number of carbonyl (C=O) groups excluding carboxylic acids is 1. The smallest absolute Gasteiger partial charge is 0.203 e. The molecule has 0 N–H and O–H groups in total. The van der Waals surface area contributed by atoms with Gasteiger partial charge in [-0.3, -0.25) is 4.79 Å². The van der Waals surface area contributed by atoms with Crippen LogP contribution in [0.25, 0.3) is 0 Å². The fraction of sp³-hybridized carbons (Fsp3) is 0.500. The van der Waals surface area contributed by atoms with E-state index in [9.17, 15) is 13.2 Å². The summed E-state index contributed by atoms with van der Waals surface area (Å²) in [6.45, 7) is 1.83. The van der Waals surface area contributed by atoms with Crippen molar-refractivity contribution in [1.29, 1.82) is 0 Å². The molecule has 21 heavy (non-hydrogen) atoms. The van der Waals surface area contributed by atoms with Crippen molar-refractivity contribution in [3.05, 3.63) is 17.7 Å². The monoisotopic (exact) mass is 316 g/mol. The molecule has 0 amide bonds. The lowest BCUT2D eigenvalue weighted by molar-refractivity contribution is 0.112. The Hall–Kier alpha value is -1.76. The number of ether oxygens (including phenoxy) is 3. The van der Waals surface area contributed by atoms with E-state index in [0.717, 1.165) is 0 Å². The van der Waals surface area contributed by atoms with Crippen LogP contribution in [0.5, 0.6) is 17.2 Å². The first-order valence-electron chi connectivity index (χ1n) is 6.51. The van der Waals surface area contributed by atoms with Crippen LogP contribution in [-0.4, -0.2) is 47.0 Å². The zero-order valence-electron chi connectivity index (χ0n) is 12.4. The summed E-state index contributed by atoms with van der Waals surface area (Å²) in [6.07, 6.45) is 1.06. The summed E-state index contributed by atoms with van der Waals surface area (Å²) in [5, 5.41) is 0. The van der Waals surface area contributed by atoms with Gasteiger partial charge in [0.2, 0.25) is 5.75 Å². The highest BCUT2D eigenvalue weighted by atomic mass is 32.2. The molecule has 118 valence electrons. The number of hydrogen-bond acceptors (Lipinski definition) is 6. The maximum atomic E-state index is 11.4. The summed E-state index contributed by atoms with van der Waals surface area (Å²) in [7, 11) is -0.0926. The molecular formula is C14H20O6S. The van der Waals surface area contributed by atoms with Gasteiger partial charge in [0, 0.05) is 11.3 Å². The van der Waals surface area contributed by atoms with Crippen LogP contribution >= 0.6 is 0 Å². The normalized spacial score (nSPS) is 11.0. The summed E-state index contributed by atoms with van der Waals surface area (Å²) in [4.78, 5) is 10.8. The van der Waals surface area contributed by atoms with E-state index in [0.29, 0.717) is 35.5 Å². The van der Waals surface area contributed by atoms with Crippen molar-refractivity contribution < 1.29 is 27.4 Å². The van der Waals surface area contributed by atoms with E-state index in [1.165, 1.54) is 26.4 Å². The van der Waals surface area contributed by atoms with Crippen molar-refractivity contribution in [2.24, 2.45) is 0 Å². The van der Waals surface area contributed by atoms with E-state index < -0.39 is 9.84 Å². The third kappa shape index (κ3) is 4.93. The number of benzene rings is 1. The van der Waals surface area contributed by atoms with E-state index >= 15 is 0 Å². The van der Waals surface area contributed by atoms with Crippen molar-refractivity contribution in [3.8, 4) is 17.2 Å². The number of sulfone groups is 1. The van der Waals surface area contributed by atoms with Crippen molar-refractivity contribution in [3.63, 3.8) is 0 Å². The standard InChI is InChI=1S/C14H20O6S/c1-4-21(16,17)7-5-6-20-14-12(18-2)8-11(10-15)9-13(14)19-3/h8-10H,4-7H2,1-3H3. The van der Waals surface area contributed by atoms with Gasteiger partial charge in [-0.25, -0.2) is 8.42 Å². The third-order valence-corrected chi connectivity index (χ3v) is 4.70. The highest BCUT2D eigenvalue weighted by molar-refractivity contribution is 7.91. The molecule has 0 saturated heterocycles. The van der Waals surface area contributed by atoms with Crippen LogP contribution in [0.1, 0.15) is 23.7 Å². The van der Waals surface area contributed by atoms with Gasteiger partial charge in [0.25, 0.3) is 0 Å². The molecule has 0 atom stereocenters. The van der Waals surface area contributed by atoms with E-state index in [2.05, 4.69) is 0 Å². The number of hydrogen-bond donors (Lipinski definition) is 0. The Morgan fingerprint density at radius 3 is 2.14 bits per heavy atom. The van der Waals surface area contributed by atoms with Gasteiger partial charge in [-0.2, -0.15) is 0 Å². The Kier molecular flexibility index (Phi) is 6.48. The minimum absolute atomic E-state index is 0.0700. The predicted molar refractivity (Wildman–Crippen MR) is 79.4 cm³/mol. The van der Waals surface area contributed by atoms with Crippen molar-refractivity contribution in [2.75, 3.05) is 32.3 Å². The average Bonchev–Trinajstić information content (AvgIpc) is 2.50. The summed E-state index contributed by atoms with van der Waals surface area (Å²) in [6, 6.07) is 3.07. The molecule has 1 aromatic carbocycles. The molecule has 0 aliphatic carbocycles. The van der Waals surface area contributed by atoms with Crippen LogP contribution in [0.15, 0.2) is 12.1 Å². The lowest BCUT2D eigenvalue weighted by Crippen LogP contribution is -2.12. The van der Waals surface area contributed by atoms with Gasteiger partial charge < -0.3 is 14.2 Å². The van der Waals surface area contributed by atoms with Gasteiger partial charge in [-0.1, -0.05) is 6.92 Å². The molecule has 0 aromatic heterocycles. The Morgan fingerprint density at radius 2 is 1.71 bits per heavy atom. The maximum Gasteiger partial charge on any atom is 0.203 e.